The first-order valence-corrected chi connectivity index (χ1v) is 13.3. The fraction of sp³-hybridized carbons (Fsp3) is 0.385. The number of para-hydroxylation sites is 1. The number of methoxy groups -OCH3 is 1. The number of rotatable bonds is 8. The third-order valence-electron chi connectivity index (χ3n) is 6.31. The normalized spacial score (nSPS) is 23.4. The number of nitrogens with one attached hydrogen (secondary N) is 1. The third-order valence-corrected chi connectivity index (χ3v) is 8.02. The maximum Gasteiger partial charge on any atom is 0.341 e. The smallest absolute Gasteiger partial charge is 0.341 e. The summed E-state index contributed by atoms with van der Waals surface area (Å²) >= 11 is 4.96. The minimum Gasteiger partial charge on any atom is -0.493 e. The average molecular weight is 561 g/mol. The summed E-state index contributed by atoms with van der Waals surface area (Å²) in [7, 11) is 1.49. The molecule has 2 fully saturated rings. The summed E-state index contributed by atoms with van der Waals surface area (Å²) in [4.78, 5) is 27.3. The molecule has 0 bridgehead atoms. The van der Waals surface area contributed by atoms with Gasteiger partial charge in [0, 0.05) is 11.7 Å². The predicted molar refractivity (Wildman–Crippen MR) is 142 cm³/mol. The minimum absolute atomic E-state index is 0.0171. The van der Waals surface area contributed by atoms with Crippen molar-refractivity contribution in [3.05, 3.63) is 57.4 Å². The van der Waals surface area contributed by atoms with Crippen LogP contribution in [0.15, 0.2) is 51.8 Å². The molecule has 1 unspecified atom stereocenters. The van der Waals surface area contributed by atoms with E-state index in [2.05, 4.69) is 28.2 Å². The molecule has 186 valence electrons. The van der Waals surface area contributed by atoms with Crippen LogP contribution in [0.4, 0.5) is 5.69 Å². The summed E-state index contributed by atoms with van der Waals surface area (Å²) in [6.45, 7) is 1.76. The molecule has 2 aromatic rings. The van der Waals surface area contributed by atoms with Crippen LogP contribution in [0.3, 0.4) is 0 Å². The first-order valence-electron chi connectivity index (χ1n) is 11.6. The van der Waals surface area contributed by atoms with Crippen molar-refractivity contribution in [2.75, 3.05) is 19.0 Å². The number of hydrogen-bond acceptors (Lipinski definition) is 6. The molecular formula is C26H29BrN2O5S. The Labute approximate surface area is 218 Å². The van der Waals surface area contributed by atoms with Gasteiger partial charge in [0.15, 0.2) is 23.6 Å². The number of nitrogens with zero attached hydrogens (tertiary/aromatic N) is 1. The molecule has 3 atom stereocenters. The van der Waals surface area contributed by atoms with Gasteiger partial charge in [-0.25, -0.2) is 4.79 Å². The number of carbonyl (C=O) groups excluding carboxylic acids is 1. The van der Waals surface area contributed by atoms with Crippen LogP contribution in [-0.2, 0) is 9.59 Å². The van der Waals surface area contributed by atoms with E-state index in [4.69, 9.17) is 14.6 Å². The van der Waals surface area contributed by atoms with E-state index in [0.717, 1.165) is 30.5 Å². The van der Waals surface area contributed by atoms with Gasteiger partial charge in [-0.1, -0.05) is 49.7 Å². The van der Waals surface area contributed by atoms with Gasteiger partial charge >= 0.3 is 5.97 Å². The van der Waals surface area contributed by atoms with E-state index in [0.29, 0.717) is 26.8 Å². The van der Waals surface area contributed by atoms with Crippen LogP contribution >= 0.6 is 27.7 Å². The number of carboxylic acid groups (broad SMARTS) is 1. The molecule has 1 saturated carbocycles. The van der Waals surface area contributed by atoms with Crippen molar-refractivity contribution in [2.45, 2.75) is 44.1 Å². The van der Waals surface area contributed by atoms with Gasteiger partial charge in [-0.3, -0.25) is 4.79 Å². The van der Waals surface area contributed by atoms with E-state index in [-0.39, 0.29) is 17.4 Å². The average Bonchev–Trinajstić information content (AvgIpc) is 3.13. The van der Waals surface area contributed by atoms with E-state index in [9.17, 15) is 9.59 Å². The number of ether oxygens (including phenoxy) is 2. The Balaban J connectivity index is 1.65. The lowest BCUT2D eigenvalue weighted by Gasteiger charge is -2.39. The highest BCUT2D eigenvalue weighted by molar-refractivity contribution is 9.10. The van der Waals surface area contributed by atoms with E-state index >= 15 is 0 Å². The largest absolute Gasteiger partial charge is 0.493 e. The van der Waals surface area contributed by atoms with Gasteiger partial charge in [-0.2, -0.15) is 0 Å². The molecule has 0 radical (unpaired) electrons. The molecular weight excluding hydrogens is 532 g/mol. The number of benzene rings is 2. The van der Waals surface area contributed by atoms with Crippen molar-refractivity contribution in [3.63, 3.8) is 0 Å². The van der Waals surface area contributed by atoms with Crippen molar-refractivity contribution in [3.8, 4) is 11.5 Å². The topological polar surface area (TPSA) is 88.1 Å². The van der Waals surface area contributed by atoms with Gasteiger partial charge < -0.3 is 24.8 Å². The van der Waals surface area contributed by atoms with Gasteiger partial charge in [0.05, 0.1) is 16.5 Å². The fourth-order valence-electron chi connectivity index (χ4n) is 4.62. The molecule has 7 nitrogen and oxygen atoms in total. The van der Waals surface area contributed by atoms with Crippen molar-refractivity contribution < 1.29 is 24.2 Å². The zero-order chi connectivity index (χ0) is 24.9. The van der Waals surface area contributed by atoms with Crippen molar-refractivity contribution in [2.24, 2.45) is 5.92 Å². The summed E-state index contributed by atoms with van der Waals surface area (Å²) < 4.78 is 11.4. The standard InChI is InChI=1S/C26H29BrN2O5S/c1-16-8-6-7-11-20(16)29-25(32)22(35-26(29)28-18-9-4-3-5-10-18)14-17-12-19(27)24(21(13-17)33-2)34-15-23(30)31/h3-5,9-10,12-14,16,20,26,28H,6-8,11,15H2,1-2H3,(H,30,31)/b22-14-/t16-,20+,26?/m0/s1. The van der Waals surface area contributed by atoms with Crippen molar-refractivity contribution >= 4 is 51.3 Å². The Morgan fingerprint density at radius 3 is 2.69 bits per heavy atom. The number of amides is 1. The molecule has 2 N–H and O–H groups in total. The first kappa shape index (κ1) is 25.4. The molecule has 1 aliphatic heterocycles. The highest BCUT2D eigenvalue weighted by Gasteiger charge is 2.42. The van der Waals surface area contributed by atoms with Crippen LogP contribution in [0.25, 0.3) is 6.08 Å². The predicted octanol–water partition coefficient (Wildman–Crippen LogP) is 5.81. The Morgan fingerprint density at radius 2 is 2.00 bits per heavy atom. The molecule has 0 aromatic heterocycles. The van der Waals surface area contributed by atoms with Crippen LogP contribution in [0.1, 0.15) is 38.2 Å². The summed E-state index contributed by atoms with van der Waals surface area (Å²) in [5.41, 5.74) is 1.52. The number of carboxylic acids is 1. The maximum atomic E-state index is 13.7. The minimum atomic E-state index is -1.08. The van der Waals surface area contributed by atoms with Crippen LogP contribution < -0.4 is 14.8 Å². The van der Waals surface area contributed by atoms with Gasteiger partial charge in [-0.15, -0.1) is 0 Å². The van der Waals surface area contributed by atoms with Crippen LogP contribution in [0.5, 0.6) is 11.5 Å². The molecule has 1 aliphatic carbocycles. The van der Waals surface area contributed by atoms with Gasteiger partial charge in [0.2, 0.25) is 0 Å². The molecule has 35 heavy (non-hydrogen) atoms. The zero-order valence-corrected chi connectivity index (χ0v) is 22.1. The SMILES string of the molecule is COc1cc(/C=C2\SC(Nc3ccccc3)N([C@@H]3CCCC[C@@H]3C)C2=O)cc(Br)c1OCC(=O)O. The number of thioether (sulfide) groups is 1. The van der Waals surface area contributed by atoms with Gasteiger partial charge in [0.25, 0.3) is 5.91 Å². The first-order chi connectivity index (χ1) is 16.9. The molecule has 1 saturated heterocycles. The Morgan fingerprint density at radius 1 is 1.26 bits per heavy atom. The monoisotopic (exact) mass is 560 g/mol. The van der Waals surface area contributed by atoms with Crippen LogP contribution in [0.2, 0.25) is 0 Å². The molecule has 9 heteroatoms. The van der Waals surface area contributed by atoms with Gasteiger partial charge in [-0.05, 0) is 70.6 Å². The summed E-state index contributed by atoms with van der Waals surface area (Å²) in [6.07, 6.45) is 6.31. The van der Waals surface area contributed by atoms with Crippen molar-refractivity contribution in [1.82, 2.24) is 4.90 Å². The Hall–Kier alpha value is -2.65. The number of halogens is 1. The Bertz CT molecular complexity index is 1110. The van der Waals surface area contributed by atoms with Crippen LogP contribution in [0, 0.1) is 5.92 Å². The quantitative estimate of drug-likeness (QED) is 0.393. The van der Waals surface area contributed by atoms with E-state index in [1.165, 1.54) is 25.3 Å². The second-order valence-corrected chi connectivity index (χ2v) is 10.7. The van der Waals surface area contributed by atoms with Crippen LogP contribution in [-0.4, -0.2) is 47.1 Å². The second-order valence-electron chi connectivity index (χ2n) is 8.75. The number of carbonyl (C=O) groups is 2. The van der Waals surface area contributed by atoms with Gasteiger partial charge in [0.1, 0.15) is 0 Å². The lowest BCUT2D eigenvalue weighted by molar-refractivity contribution is -0.139. The number of hydrogen-bond donors (Lipinski definition) is 2. The Kier molecular flexibility index (Phi) is 8.28. The highest BCUT2D eigenvalue weighted by Crippen LogP contribution is 2.43. The molecule has 2 aromatic carbocycles. The number of anilines is 1. The van der Waals surface area contributed by atoms with E-state index in [1.807, 2.05) is 41.3 Å². The third kappa shape index (κ3) is 5.95. The molecule has 2 aliphatic rings. The van der Waals surface area contributed by atoms with E-state index < -0.39 is 12.6 Å². The number of aliphatic carboxylic acids is 1. The summed E-state index contributed by atoms with van der Waals surface area (Å²) in [6, 6.07) is 13.7. The molecule has 1 heterocycles. The summed E-state index contributed by atoms with van der Waals surface area (Å²) in [5.74, 6) is 0.0755. The summed E-state index contributed by atoms with van der Waals surface area (Å²) in [5, 5.41) is 12.5. The molecule has 4 rings (SSSR count). The molecule has 0 spiro atoms. The van der Waals surface area contributed by atoms with Crippen molar-refractivity contribution in [1.29, 1.82) is 0 Å². The maximum absolute atomic E-state index is 13.7. The van der Waals surface area contributed by atoms with E-state index in [1.54, 1.807) is 12.1 Å². The highest BCUT2D eigenvalue weighted by atomic mass is 79.9. The fourth-order valence-corrected chi connectivity index (χ4v) is 6.40. The lowest BCUT2D eigenvalue weighted by atomic mass is 9.85. The second kappa shape index (κ2) is 11.4. The lowest BCUT2D eigenvalue weighted by Crippen LogP contribution is -2.48. The zero-order valence-electron chi connectivity index (χ0n) is 19.7. The molecule has 1 amide bonds.